The van der Waals surface area contributed by atoms with Crippen molar-refractivity contribution < 1.29 is 4.74 Å². The molecule has 158 valence electrons. The van der Waals surface area contributed by atoms with Crippen molar-refractivity contribution >= 4 is 11.9 Å². The molecule has 2 aromatic heterocycles. The number of nitrogens with one attached hydrogen (secondary N) is 1. The molecule has 1 fully saturated rings. The monoisotopic (exact) mass is 401 g/mol. The van der Waals surface area contributed by atoms with Crippen LogP contribution in [0.15, 0.2) is 29.8 Å². The van der Waals surface area contributed by atoms with Crippen molar-refractivity contribution in [3.63, 3.8) is 0 Å². The Bertz CT molecular complexity index is 741. The molecule has 1 N–H and O–H groups in total. The van der Waals surface area contributed by atoms with Crippen molar-refractivity contribution in [1.29, 1.82) is 0 Å². The van der Waals surface area contributed by atoms with Gasteiger partial charge in [0.15, 0.2) is 5.96 Å². The number of nitrogens with zero attached hydrogens (tertiary/aromatic N) is 8. The molecule has 0 aromatic carbocycles. The van der Waals surface area contributed by atoms with Crippen molar-refractivity contribution in [2.45, 2.75) is 26.3 Å². The van der Waals surface area contributed by atoms with Crippen LogP contribution in [-0.2, 0) is 17.7 Å². The second-order valence-corrected chi connectivity index (χ2v) is 6.80. The number of guanidine groups is 1. The fourth-order valence-corrected chi connectivity index (χ4v) is 3.26. The Balaban J connectivity index is 1.55. The van der Waals surface area contributed by atoms with E-state index in [1.807, 2.05) is 6.07 Å². The summed E-state index contributed by atoms with van der Waals surface area (Å²) in [5, 5.41) is 11.7. The highest BCUT2D eigenvalue weighted by molar-refractivity contribution is 5.80. The molecule has 0 spiro atoms. The Labute approximate surface area is 172 Å². The molecule has 0 atom stereocenters. The molecule has 1 aliphatic rings. The van der Waals surface area contributed by atoms with Crippen molar-refractivity contribution in [3.8, 4) is 0 Å². The minimum absolute atomic E-state index is 0.719. The summed E-state index contributed by atoms with van der Waals surface area (Å²) in [6, 6.07) is 1.84. The van der Waals surface area contributed by atoms with Crippen LogP contribution >= 0.6 is 0 Å². The van der Waals surface area contributed by atoms with Crippen LogP contribution in [0.1, 0.15) is 19.2 Å². The van der Waals surface area contributed by atoms with E-state index < -0.39 is 0 Å². The number of ether oxygens (including phenoxy) is 1. The van der Waals surface area contributed by atoms with Crippen molar-refractivity contribution in [2.24, 2.45) is 4.99 Å². The maximum atomic E-state index is 5.15. The summed E-state index contributed by atoms with van der Waals surface area (Å²) in [5.74, 6) is 2.74. The number of hydrogen-bond donors (Lipinski definition) is 1. The Morgan fingerprint density at radius 2 is 2.00 bits per heavy atom. The maximum Gasteiger partial charge on any atom is 0.225 e. The fourth-order valence-electron chi connectivity index (χ4n) is 3.26. The van der Waals surface area contributed by atoms with Crippen molar-refractivity contribution in [1.82, 2.24) is 34.9 Å². The number of aromatic nitrogens is 5. The fraction of sp³-hybridized carbons (Fsp3) is 0.632. The van der Waals surface area contributed by atoms with Gasteiger partial charge in [-0.05, 0) is 12.5 Å². The molecule has 10 nitrogen and oxygen atoms in total. The van der Waals surface area contributed by atoms with Crippen LogP contribution in [0.4, 0.5) is 5.95 Å². The smallest absolute Gasteiger partial charge is 0.225 e. The summed E-state index contributed by atoms with van der Waals surface area (Å²) >= 11 is 0. The lowest BCUT2D eigenvalue weighted by Crippen LogP contribution is -2.53. The van der Waals surface area contributed by atoms with E-state index in [-0.39, 0.29) is 0 Å². The molecule has 3 heterocycles. The lowest BCUT2D eigenvalue weighted by atomic mass is 10.3. The van der Waals surface area contributed by atoms with Gasteiger partial charge in [0.05, 0.1) is 0 Å². The van der Waals surface area contributed by atoms with E-state index >= 15 is 0 Å². The molecule has 10 heteroatoms. The molecular formula is C19H31N9O. The Morgan fingerprint density at radius 3 is 2.72 bits per heavy atom. The van der Waals surface area contributed by atoms with Gasteiger partial charge in [-0.3, -0.25) is 4.99 Å². The van der Waals surface area contributed by atoms with Crippen LogP contribution in [0, 0.1) is 0 Å². The predicted molar refractivity (Wildman–Crippen MR) is 112 cm³/mol. The molecule has 1 saturated heterocycles. The van der Waals surface area contributed by atoms with Crippen molar-refractivity contribution in [3.05, 3.63) is 30.6 Å². The third-order valence-electron chi connectivity index (χ3n) is 4.83. The van der Waals surface area contributed by atoms with Gasteiger partial charge in [-0.2, -0.15) is 0 Å². The molecule has 0 amide bonds. The lowest BCUT2D eigenvalue weighted by Gasteiger charge is -2.36. The number of aliphatic imine (C=N–C) groups is 1. The normalized spacial score (nSPS) is 15.0. The SMILES string of the molecule is CCc1nncn1CCNC(=NCCCOC)N1CCN(c2ncccn2)CC1. The number of anilines is 1. The van der Waals surface area contributed by atoms with E-state index in [4.69, 9.17) is 9.73 Å². The van der Waals surface area contributed by atoms with Gasteiger partial charge in [0, 0.05) is 78.3 Å². The molecule has 0 unspecified atom stereocenters. The van der Waals surface area contributed by atoms with Crippen LogP contribution in [-0.4, -0.2) is 88.6 Å². The predicted octanol–water partition coefficient (Wildman–Crippen LogP) is 0.435. The summed E-state index contributed by atoms with van der Waals surface area (Å²) in [6.45, 7) is 8.63. The van der Waals surface area contributed by atoms with Crippen molar-refractivity contribution in [2.75, 3.05) is 57.9 Å². The molecule has 0 saturated carbocycles. The summed E-state index contributed by atoms with van der Waals surface area (Å²) in [6.07, 6.45) is 7.14. The van der Waals surface area contributed by atoms with Crippen LogP contribution in [0.2, 0.25) is 0 Å². The third-order valence-corrected chi connectivity index (χ3v) is 4.83. The summed E-state index contributed by atoms with van der Waals surface area (Å²) in [5.41, 5.74) is 0. The summed E-state index contributed by atoms with van der Waals surface area (Å²) in [4.78, 5) is 18.0. The van der Waals surface area contributed by atoms with Crippen LogP contribution in [0.5, 0.6) is 0 Å². The molecule has 0 aliphatic carbocycles. The summed E-state index contributed by atoms with van der Waals surface area (Å²) in [7, 11) is 1.72. The zero-order valence-corrected chi connectivity index (χ0v) is 17.4. The van der Waals surface area contributed by atoms with Gasteiger partial charge in [-0.15, -0.1) is 10.2 Å². The molecule has 2 aromatic rings. The molecular weight excluding hydrogens is 370 g/mol. The first-order chi connectivity index (χ1) is 14.3. The topological polar surface area (TPSA) is 96.6 Å². The standard InChI is InChI=1S/C19H31N9O/c1-3-17-25-24-16-28(17)10-9-23-19(22-8-5-15-29-2)27-13-11-26(12-14-27)18-20-6-4-7-21-18/h4,6-7,16H,3,5,8-15H2,1-2H3,(H,22,23). The van der Waals surface area contributed by atoms with Crippen LogP contribution < -0.4 is 10.2 Å². The van der Waals surface area contributed by atoms with E-state index in [1.54, 1.807) is 25.8 Å². The number of aryl methyl sites for hydroxylation is 1. The van der Waals surface area contributed by atoms with Gasteiger partial charge >= 0.3 is 0 Å². The van der Waals surface area contributed by atoms with Gasteiger partial charge in [0.2, 0.25) is 5.95 Å². The zero-order valence-electron chi connectivity index (χ0n) is 17.4. The molecule has 0 radical (unpaired) electrons. The summed E-state index contributed by atoms with van der Waals surface area (Å²) < 4.78 is 7.23. The van der Waals surface area contributed by atoms with E-state index in [1.165, 1.54) is 0 Å². The van der Waals surface area contributed by atoms with E-state index in [0.717, 1.165) is 83.0 Å². The van der Waals surface area contributed by atoms with Gasteiger partial charge in [0.25, 0.3) is 0 Å². The largest absolute Gasteiger partial charge is 0.385 e. The van der Waals surface area contributed by atoms with Crippen LogP contribution in [0.25, 0.3) is 0 Å². The van der Waals surface area contributed by atoms with Gasteiger partial charge in [0.1, 0.15) is 12.2 Å². The molecule has 0 bridgehead atoms. The third kappa shape index (κ3) is 6.11. The first-order valence-electron chi connectivity index (χ1n) is 10.2. The van der Waals surface area contributed by atoms with Gasteiger partial charge in [-0.25, -0.2) is 9.97 Å². The Hall–Kier alpha value is -2.75. The highest BCUT2D eigenvalue weighted by atomic mass is 16.5. The van der Waals surface area contributed by atoms with E-state index in [0.29, 0.717) is 0 Å². The maximum absolute atomic E-state index is 5.15. The quantitative estimate of drug-likeness (QED) is 0.367. The first-order valence-corrected chi connectivity index (χ1v) is 10.2. The second-order valence-electron chi connectivity index (χ2n) is 6.80. The molecule has 29 heavy (non-hydrogen) atoms. The molecule has 1 aliphatic heterocycles. The van der Waals surface area contributed by atoms with Crippen LogP contribution in [0.3, 0.4) is 0 Å². The van der Waals surface area contributed by atoms with E-state index in [9.17, 15) is 0 Å². The Kier molecular flexibility index (Phi) is 8.17. The highest BCUT2D eigenvalue weighted by Gasteiger charge is 2.21. The number of hydrogen-bond acceptors (Lipinski definition) is 7. The number of rotatable bonds is 9. The zero-order chi connectivity index (χ0) is 20.3. The second kappa shape index (κ2) is 11.3. The minimum Gasteiger partial charge on any atom is -0.385 e. The van der Waals surface area contributed by atoms with Gasteiger partial charge < -0.3 is 24.4 Å². The average Bonchev–Trinajstić information content (AvgIpc) is 3.24. The first kappa shape index (κ1) is 21.0. The average molecular weight is 402 g/mol. The minimum atomic E-state index is 0.719. The van der Waals surface area contributed by atoms with E-state index in [2.05, 4.69) is 46.8 Å². The molecule has 3 rings (SSSR count). The number of methoxy groups -OCH3 is 1. The Morgan fingerprint density at radius 1 is 1.21 bits per heavy atom. The lowest BCUT2D eigenvalue weighted by molar-refractivity contribution is 0.197. The number of piperazine rings is 1. The van der Waals surface area contributed by atoms with Gasteiger partial charge in [-0.1, -0.05) is 6.92 Å². The highest BCUT2D eigenvalue weighted by Crippen LogP contribution is 2.10.